The fourth-order valence-corrected chi connectivity index (χ4v) is 4.77. The van der Waals surface area contributed by atoms with Crippen molar-refractivity contribution in [2.75, 3.05) is 4.90 Å². The van der Waals surface area contributed by atoms with Crippen molar-refractivity contribution in [2.24, 2.45) is 10.9 Å². The van der Waals surface area contributed by atoms with Crippen LogP contribution in [-0.2, 0) is 14.8 Å². The van der Waals surface area contributed by atoms with Gasteiger partial charge in [-0.25, -0.2) is 13.6 Å². The van der Waals surface area contributed by atoms with Crippen LogP contribution in [0.2, 0.25) is 0 Å². The highest BCUT2D eigenvalue weighted by Gasteiger charge is 2.40. The molecule has 1 atom stereocenters. The number of carbonyl (C=O) groups excluding carboxylic acids is 1. The molecule has 1 aliphatic carbocycles. The third kappa shape index (κ3) is 3.63. The Kier molecular flexibility index (Phi) is 5.17. The molecular weight excluding hydrogens is 412 g/mol. The van der Waals surface area contributed by atoms with Gasteiger partial charge in [-0.1, -0.05) is 29.8 Å². The molecule has 4 rings (SSSR count). The lowest BCUT2D eigenvalue weighted by Gasteiger charge is -2.39. The number of primary sulfonamides is 1. The normalized spacial score (nSPS) is 19.3. The zero-order valence-electron chi connectivity index (χ0n) is 17.0. The van der Waals surface area contributed by atoms with Gasteiger partial charge in [-0.3, -0.25) is 9.69 Å². The molecule has 1 heterocycles. The minimum atomic E-state index is -3.84. The summed E-state index contributed by atoms with van der Waals surface area (Å²) in [5.74, 6) is -0.281. The van der Waals surface area contributed by atoms with Crippen LogP contribution in [0, 0.1) is 18.3 Å². The number of aryl methyl sites for hydroxylation is 1. The van der Waals surface area contributed by atoms with Crippen molar-refractivity contribution >= 4 is 21.5 Å². The quantitative estimate of drug-likeness (QED) is 0.764. The van der Waals surface area contributed by atoms with Crippen molar-refractivity contribution in [3.05, 3.63) is 82.3 Å². The molecule has 0 amide bonds. The Morgan fingerprint density at radius 2 is 1.71 bits per heavy atom. The lowest BCUT2D eigenvalue weighted by molar-refractivity contribution is -0.116. The number of Topliss-reactive ketones (excluding diaryl/α,β-unsaturated/α-hetero) is 1. The average Bonchev–Trinajstić information content (AvgIpc) is 2.73. The predicted molar refractivity (Wildman–Crippen MR) is 117 cm³/mol. The molecule has 4 N–H and O–H groups in total. The SMILES string of the molecule is Cc1ccc(C2C(C#N)=C(N)N(c3ccc(S(N)(=O)=O)cc3)C3=C2C(=O)CCC3)cc1. The summed E-state index contributed by atoms with van der Waals surface area (Å²) in [5, 5.41) is 15.2. The number of nitrogens with zero attached hydrogens (tertiary/aromatic N) is 2. The second kappa shape index (κ2) is 7.69. The summed E-state index contributed by atoms with van der Waals surface area (Å²) in [6.07, 6.45) is 1.72. The minimum absolute atomic E-state index is 0.00164. The van der Waals surface area contributed by atoms with Gasteiger partial charge in [-0.2, -0.15) is 5.26 Å². The molecule has 158 valence electrons. The Morgan fingerprint density at radius 1 is 1.06 bits per heavy atom. The molecule has 0 spiro atoms. The predicted octanol–water partition coefficient (Wildman–Crippen LogP) is 2.95. The standard InChI is InChI=1S/C23H22N4O3S/c1-14-5-7-15(8-6-14)21-18(13-24)23(25)27(19-3-2-4-20(28)22(19)21)16-9-11-17(12-10-16)31(26,29)30/h5-12,21H,2-4,25H2,1H3,(H2,26,29,30). The molecule has 2 aromatic carbocycles. The van der Waals surface area contributed by atoms with E-state index in [1.807, 2.05) is 31.2 Å². The number of rotatable bonds is 3. The lowest BCUT2D eigenvalue weighted by Crippen LogP contribution is -2.38. The van der Waals surface area contributed by atoms with Gasteiger partial charge >= 0.3 is 0 Å². The largest absolute Gasteiger partial charge is 0.384 e. The first-order chi connectivity index (χ1) is 14.7. The van der Waals surface area contributed by atoms with E-state index in [4.69, 9.17) is 10.9 Å². The number of hydrogen-bond donors (Lipinski definition) is 2. The van der Waals surface area contributed by atoms with E-state index in [0.29, 0.717) is 36.1 Å². The van der Waals surface area contributed by atoms with E-state index in [9.17, 15) is 18.5 Å². The Bertz CT molecular complexity index is 1270. The second-order valence-electron chi connectivity index (χ2n) is 7.77. The topological polar surface area (TPSA) is 130 Å². The number of anilines is 1. The second-order valence-corrected chi connectivity index (χ2v) is 9.33. The van der Waals surface area contributed by atoms with E-state index in [1.165, 1.54) is 12.1 Å². The number of nitrogens with two attached hydrogens (primary N) is 2. The van der Waals surface area contributed by atoms with Gasteiger partial charge in [0.2, 0.25) is 10.0 Å². The Hall–Kier alpha value is -3.41. The highest BCUT2D eigenvalue weighted by atomic mass is 32.2. The number of benzene rings is 2. The molecule has 0 saturated heterocycles. The molecule has 7 nitrogen and oxygen atoms in total. The summed E-state index contributed by atoms with van der Waals surface area (Å²) in [6, 6.07) is 15.9. The van der Waals surface area contributed by atoms with Crippen LogP contribution in [0.15, 0.2) is 76.1 Å². The molecule has 0 fully saturated rings. The van der Waals surface area contributed by atoms with Gasteiger partial charge in [0, 0.05) is 23.4 Å². The third-order valence-corrected chi connectivity index (χ3v) is 6.68. The summed E-state index contributed by atoms with van der Waals surface area (Å²) in [4.78, 5) is 14.7. The van der Waals surface area contributed by atoms with Gasteiger partial charge in [0.15, 0.2) is 5.78 Å². The van der Waals surface area contributed by atoms with E-state index in [1.54, 1.807) is 17.0 Å². The Labute approximate surface area is 181 Å². The van der Waals surface area contributed by atoms with Crippen molar-refractivity contribution in [3.63, 3.8) is 0 Å². The molecule has 0 radical (unpaired) electrons. The van der Waals surface area contributed by atoms with Gasteiger partial charge in [-0.05, 0) is 49.6 Å². The van der Waals surface area contributed by atoms with Crippen LogP contribution < -0.4 is 15.8 Å². The van der Waals surface area contributed by atoms with E-state index in [0.717, 1.165) is 16.8 Å². The van der Waals surface area contributed by atoms with Gasteiger partial charge in [-0.15, -0.1) is 0 Å². The van der Waals surface area contributed by atoms with Gasteiger partial charge in [0.05, 0.1) is 22.5 Å². The van der Waals surface area contributed by atoms with Crippen LogP contribution in [0.4, 0.5) is 5.69 Å². The van der Waals surface area contributed by atoms with Gasteiger partial charge in [0.1, 0.15) is 5.82 Å². The molecule has 1 unspecified atom stereocenters. The maximum atomic E-state index is 13.1. The molecule has 2 aliphatic rings. The first kappa shape index (κ1) is 20.8. The van der Waals surface area contributed by atoms with Crippen LogP contribution in [0.1, 0.15) is 36.3 Å². The first-order valence-corrected chi connectivity index (χ1v) is 11.4. The molecule has 0 aromatic heterocycles. The van der Waals surface area contributed by atoms with E-state index in [-0.39, 0.29) is 16.5 Å². The van der Waals surface area contributed by atoms with Gasteiger partial charge in [0.25, 0.3) is 0 Å². The molecule has 1 aliphatic heterocycles. The Balaban J connectivity index is 1.91. The van der Waals surface area contributed by atoms with Crippen LogP contribution in [0.25, 0.3) is 0 Å². The van der Waals surface area contributed by atoms with Crippen molar-refractivity contribution in [2.45, 2.75) is 37.0 Å². The summed E-state index contributed by atoms with van der Waals surface area (Å²) in [5.41, 5.74) is 10.6. The summed E-state index contributed by atoms with van der Waals surface area (Å²) >= 11 is 0. The van der Waals surface area contributed by atoms with Crippen LogP contribution in [-0.4, -0.2) is 14.2 Å². The van der Waals surface area contributed by atoms with Crippen LogP contribution in [0.5, 0.6) is 0 Å². The molecule has 0 saturated carbocycles. The maximum Gasteiger partial charge on any atom is 0.238 e. The number of hydrogen-bond acceptors (Lipinski definition) is 6. The van der Waals surface area contributed by atoms with Crippen molar-refractivity contribution in [1.29, 1.82) is 5.26 Å². The highest BCUT2D eigenvalue weighted by Crippen LogP contribution is 2.46. The van der Waals surface area contributed by atoms with Crippen molar-refractivity contribution < 1.29 is 13.2 Å². The molecule has 8 heteroatoms. The Morgan fingerprint density at radius 3 is 2.29 bits per heavy atom. The monoisotopic (exact) mass is 434 g/mol. The third-order valence-electron chi connectivity index (χ3n) is 5.75. The zero-order valence-corrected chi connectivity index (χ0v) is 17.8. The molecular formula is C23H22N4O3S. The fourth-order valence-electron chi connectivity index (χ4n) is 4.26. The number of allylic oxidation sites excluding steroid dienone is 3. The molecule has 2 aromatic rings. The van der Waals surface area contributed by atoms with Gasteiger partial charge < -0.3 is 5.73 Å². The van der Waals surface area contributed by atoms with Crippen molar-refractivity contribution in [3.8, 4) is 6.07 Å². The zero-order chi connectivity index (χ0) is 22.3. The molecule has 31 heavy (non-hydrogen) atoms. The number of ketones is 1. The minimum Gasteiger partial charge on any atom is -0.384 e. The highest BCUT2D eigenvalue weighted by molar-refractivity contribution is 7.89. The van der Waals surface area contributed by atoms with Crippen LogP contribution >= 0.6 is 0 Å². The lowest BCUT2D eigenvalue weighted by atomic mass is 9.75. The number of sulfonamides is 1. The smallest absolute Gasteiger partial charge is 0.238 e. The summed E-state index contributed by atoms with van der Waals surface area (Å²) < 4.78 is 23.2. The van der Waals surface area contributed by atoms with E-state index < -0.39 is 15.9 Å². The number of nitriles is 1. The van der Waals surface area contributed by atoms with Crippen LogP contribution in [0.3, 0.4) is 0 Å². The number of carbonyl (C=O) groups is 1. The fraction of sp³-hybridized carbons (Fsp3) is 0.217. The maximum absolute atomic E-state index is 13.1. The van der Waals surface area contributed by atoms with E-state index >= 15 is 0 Å². The molecule has 0 bridgehead atoms. The summed E-state index contributed by atoms with van der Waals surface area (Å²) in [6.45, 7) is 1.98. The average molecular weight is 435 g/mol. The first-order valence-electron chi connectivity index (χ1n) is 9.88. The summed E-state index contributed by atoms with van der Waals surface area (Å²) in [7, 11) is -3.84. The van der Waals surface area contributed by atoms with Crippen molar-refractivity contribution in [1.82, 2.24) is 0 Å². The van der Waals surface area contributed by atoms with E-state index in [2.05, 4.69) is 6.07 Å².